The van der Waals surface area contributed by atoms with Crippen molar-refractivity contribution in [3.63, 3.8) is 0 Å². The highest BCUT2D eigenvalue weighted by atomic mass is 79.9. The molecule has 2 amide bonds. The van der Waals surface area contributed by atoms with E-state index >= 15 is 0 Å². The van der Waals surface area contributed by atoms with Crippen LogP contribution in [0.1, 0.15) is 22.8 Å². The van der Waals surface area contributed by atoms with Crippen LogP contribution in [0.4, 0.5) is 4.39 Å². The highest BCUT2D eigenvalue weighted by Crippen LogP contribution is 2.11. The quantitative estimate of drug-likeness (QED) is 0.818. The number of carbonyl (C=O) groups is 2. The van der Waals surface area contributed by atoms with Gasteiger partial charge in [0.05, 0.1) is 6.54 Å². The molecule has 0 aliphatic rings. The van der Waals surface area contributed by atoms with Crippen LogP contribution in [0.3, 0.4) is 0 Å². The summed E-state index contributed by atoms with van der Waals surface area (Å²) < 4.78 is 14.0. The maximum Gasteiger partial charge on any atom is 0.251 e. The molecule has 0 bridgehead atoms. The minimum absolute atomic E-state index is 0.103. The first-order chi connectivity index (χ1) is 11.5. The Bertz CT molecular complexity index is 736. The first-order valence-electron chi connectivity index (χ1n) is 7.55. The minimum Gasteiger partial charge on any atom is -0.343 e. The Morgan fingerprint density at radius 1 is 1.17 bits per heavy atom. The Morgan fingerprint density at radius 2 is 1.92 bits per heavy atom. The molecular weight excluding hydrogens is 375 g/mol. The van der Waals surface area contributed by atoms with E-state index in [2.05, 4.69) is 21.2 Å². The highest BCUT2D eigenvalue weighted by Gasteiger charge is 2.14. The van der Waals surface area contributed by atoms with E-state index < -0.39 is 0 Å². The van der Waals surface area contributed by atoms with Crippen LogP contribution >= 0.6 is 15.9 Å². The SMILES string of the molecule is CCN(Cc1cccc(F)c1)C(=O)CNC(=O)c1cccc(Br)c1. The van der Waals surface area contributed by atoms with Crippen molar-refractivity contribution in [2.75, 3.05) is 13.1 Å². The maximum absolute atomic E-state index is 13.2. The number of carbonyl (C=O) groups excluding carboxylic acids is 2. The average Bonchev–Trinajstić information content (AvgIpc) is 2.57. The third-order valence-corrected chi connectivity index (χ3v) is 3.98. The summed E-state index contributed by atoms with van der Waals surface area (Å²) in [4.78, 5) is 25.9. The topological polar surface area (TPSA) is 49.4 Å². The Kier molecular flexibility index (Phi) is 6.49. The lowest BCUT2D eigenvalue weighted by Gasteiger charge is -2.21. The summed E-state index contributed by atoms with van der Waals surface area (Å²) in [6.45, 7) is 2.52. The molecule has 0 atom stereocenters. The number of amides is 2. The molecule has 0 fully saturated rings. The molecule has 0 saturated heterocycles. The van der Waals surface area contributed by atoms with E-state index in [1.165, 1.54) is 12.1 Å². The molecule has 0 aromatic heterocycles. The van der Waals surface area contributed by atoms with E-state index in [0.717, 1.165) is 4.47 Å². The van der Waals surface area contributed by atoms with Gasteiger partial charge in [-0.3, -0.25) is 9.59 Å². The van der Waals surface area contributed by atoms with Gasteiger partial charge in [-0.2, -0.15) is 0 Å². The minimum atomic E-state index is -0.334. The Labute approximate surface area is 148 Å². The predicted molar refractivity (Wildman–Crippen MR) is 94.0 cm³/mol. The van der Waals surface area contributed by atoms with Crippen LogP contribution in [-0.4, -0.2) is 29.8 Å². The second kappa shape index (κ2) is 8.59. The smallest absolute Gasteiger partial charge is 0.251 e. The van der Waals surface area contributed by atoms with Crippen molar-refractivity contribution in [2.45, 2.75) is 13.5 Å². The van der Waals surface area contributed by atoms with E-state index in [0.29, 0.717) is 24.2 Å². The third kappa shape index (κ3) is 5.16. The molecule has 4 nitrogen and oxygen atoms in total. The van der Waals surface area contributed by atoms with E-state index in [1.807, 2.05) is 13.0 Å². The molecule has 0 radical (unpaired) electrons. The van der Waals surface area contributed by atoms with Gasteiger partial charge in [0.15, 0.2) is 0 Å². The van der Waals surface area contributed by atoms with Crippen LogP contribution in [0.15, 0.2) is 53.0 Å². The number of hydrogen-bond acceptors (Lipinski definition) is 2. The zero-order valence-corrected chi connectivity index (χ0v) is 14.8. The molecule has 2 aromatic rings. The van der Waals surface area contributed by atoms with Gasteiger partial charge in [-0.15, -0.1) is 0 Å². The van der Waals surface area contributed by atoms with Crippen molar-refractivity contribution in [1.29, 1.82) is 0 Å². The van der Waals surface area contributed by atoms with Gasteiger partial charge in [0.25, 0.3) is 5.91 Å². The van der Waals surface area contributed by atoms with Crippen molar-refractivity contribution in [1.82, 2.24) is 10.2 Å². The Morgan fingerprint density at radius 3 is 2.58 bits per heavy atom. The molecule has 126 valence electrons. The molecule has 24 heavy (non-hydrogen) atoms. The molecule has 0 saturated carbocycles. The van der Waals surface area contributed by atoms with Gasteiger partial charge in [0.1, 0.15) is 5.82 Å². The average molecular weight is 393 g/mol. The van der Waals surface area contributed by atoms with E-state index in [9.17, 15) is 14.0 Å². The first kappa shape index (κ1) is 18.1. The number of nitrogens with zero attached hydrogens (tertiary/aromatic N) is 1. The Balaban J connectivity index is 1.93. The highest BCUT2D eigenvalue weighted by molar-refractivity contribution is 9.10. The van der Waals surface area contributed by atoms with Gasteiger partial charge in [0, 0.05) is 23.1 Å². The third-order valence-electron chi connectivity index (χ3n) is 3.48. The first-order valence-corrected chi connectivity index (χ1v) is 8.35. The summed E-state index contributed by atoms with van der Waals surface area (Å²) in [5, 5.41) is 2.61. The molecule has 2 aromatic carbocycles. The molecule has 0 aliphatic carbocycles. The fourth-order valence-electron chi connectivity index (χ4n) is 2.23. The fourth-order valence-corrected chi connectivity index (χ4v) is 2.63. The lowest BCUT2D eigenvalue weighted by molar-refractivity contribution is -0.130. The molecule has 0 spiro atoms. The van der Waals surface area contributed by atoms with Gasteiger partial charge in [-0.25, -0.2) is 4.39 Å². The van der Waals surface area contributed by atoms with Gasteiger partial charge < -0.3 is 10.2 Å². The van der Waals surface area contributed by atoms with Gasteiger partial charge in [-0.05, 0) is 42.8 Å². The van der Waals surface area contributed by atoms with Gasteiger partial charge in [-0.1, -0.05) is 34.1 Å². The van der Waals surface area contributed by atoms with Crippen LogP contribution in [0, 0.1) is 5.82 Å². The van der Waals surface area contributed by atoms with Crippen molar-refractivity contribution in [3.05, 3.63) is 69.9 Å². The molecule has 0 heterocycles. The van der Waals surface area contributed by atoms with E-state index in [4.69, 9.17) is 0 Å². The second-order valence-corrected chi connectivity index (χ2v) is 6.15. The molecular formula is C18H18BrFN2O2. The predicted octanol–water partition coefficient (Wildman–Crippen LogP) is 3.37. The van der Waals surface area contributed by atoms with Crippen molar-refractivity contribution in [3.8, 4) is 0 Å². The summed E-state index contributed by atoms with van der Waals surface area (Å²) in [6.07, 6.45) is 0. The number of hydrogen-bond donors (Lipinski definition) is 1. The number of benzene rings is 2. The monoisotopic (exact) mass is 392 g/mol. The van der Waals surface area contributed by atoms with Crippen molar-refractivity contribution >= 4 is 27.7 Å². The van der Waals surface area contributed by atoms with Crippen molar-refractivity contribution in [2.24, 2.45) is 0 Å². The van der Waals surface area contributed by atoms with E-state index in [1.54, 1.807) is 35.2 Å². The lowest BCUT2D eigenvalue weighted by atomic mass is 10.2. The summed E-state index contributed by atoms with van der Waals surface area (Å²) in [6, 6.07) is 13.1. The zero-order chi connectivity index (χ0) is 17.5. The summed E-state index contributed by atoms with van der Waals surface area (Å²) in [5.74, 6) is -0.865. The van der Waals surface area contributed by atoms with Crippen LogP contribution in [0.5, 0.6) is 0 Å². The number of halogens is 2. The van der Waals surface area contributed by atoms with E-state index in [-0.39, 0.29) is 24.2 Å². The molecule has 2 rings (SSSR count). The van der Waals surface area contributed by atoms with Crippen molar-refractivity contribution < 1.29 is 14.0 Å². The van der Waals surface area contributed by atoms with Crippen LogP contribution in [0.25, 0.3) is 0 Å². The van der Waals surface area contributed by atoms with Gasteiger partial charge in [0.2, 0.25) is 5.91 Å². The standard InChI is InChI=1S/C18H18BrFN2O2/c1-2-22(12-13-5-3-8-16(20)9-13)17(23)11-21-18(24)14-6-4-7-15(19)10-14/h3-10H,2,11-12H2,1H3,(H,21,24). The van der Waals surface area contributed by atoms with Gasteiger partial charge >= 0.3 is 0 Å². The molecule has 0 aliphatic heterocycles. The maximum atomic E-state index is 13.2. The number of nitrogens with one attached hydrogen (secondary N) is 1. The Hall–Kier alpha value is -2.21. The summed E-state index contributed by atoms with van der Waals surface area (Å²) >= 11 is 3.30. The van der Waals surface area contributed by atoms with Crippen LogP contribution < -0.4 is 5.32 Å². The molecule has 0 unspecified atom stereocenters. The fraction of sp³-hybridized carbons (Fsp3) is 0.222. The molecule has 1 N–H and O–H groups in total. The van der Waals surface area contributed by atoms with Crippen LogP contribution in [0.2, 0.25) is 0 Å². The zero-order valence-electron chi connectivity index (χ0n) is 13.3. The molecule has 6 heteroatoms. The lowest BCUT2D eigenvalue weighted by Crippen LogP contribution is -2.39. The largest absolute Gasteiger partial charge is 0.343 e. The van der Waals surface area contributed by atoms with Crippen LogP contribution in [-0.2, 0) is 11.3 Å². The second-order valence-electron chi connectivity index (χ2n) is 5.23. The normalized spacial score (nSPS) is 10.3. The summed E-state index contributed by atoms with van der Waals surface area (Å²) in [7, 11) is 0. The number of rotatable bonds is 6. The summed E-state index contributed by atoms with van der Waals surface area (Å²) in [5.41, 5.74) is 1.19. The number of likely N-dealkylation sites (N-methyl/N-ethyl adjacent to an activating group) is 1.